The average molecular weight is 359 g/mol. The van der Waals surface area contributed by atoms with Crippen molar-refractivity contribution in [1.29, 1.82) is 0 Å². The van der Waals surface area contributed by atoms with Crippen LogP contribution in [-0.2, 0) is 22.7 Å². The number of rotatable bonds is 7. The fourth-order valence-electron chi connectivity index (χ4n) is 2.53. The first-order valence-corrected chi connectivity index (χ1v) is 9.22. The van der Waals surface area contributed by atoms with Crippen LogP contribution in [0.1, 0.15) is 30.5 Å². The molecule has 0 unspecified atom stereocenters. The molecule has 0 saturated heterocycles. The third kappa shape index (κ3) is 4.79. The molecule has 132 valence electrons. The largest absolute Gasteiger partial charge is 0.352 e. The lowest BCUT2D eigenvalue weighted by atomic mass is 10.2. The molecule has 25 heavy (non-hydrogen) atoms. The van der Waals surface area contributed by atoms with Gasteiger partial charge in [-0.2, -0.15) is 0 Å². The van der Waals surface area contributed by atoms with Gasteiger partial charge in [0.2, 0.25) is 11.8 Å². The molecule has 1 saturated carbocycles. The van der Waals surface area contributed by atoms with Crippen molar-refractivity contribution in [3.8, 4) is 0 Å². The van der Waals surface area contributed by atoms with E-state index in [1.54, 1.807) is 9.95 Å². The van der Waals surface area contributed by atoms with Gasteiger partial charge in [-0.05, 0) is 37.5 Å². The van der Waals surface area contributed by atoms with Crippen molar-refractivity contribution < 1.29 is 9.59 Å². The number of carbonyl (C=O) groups excluding carboxylic acids is 2. The number of amides is 2. The van der Waals surface area contributed by atoms with Gasteiger partial charge in [0.25, 0.3) is 0 Å². The van der Waals surface area contributed by atoms with Gasteiger partial charge < -0.3 is 15.2 Å². The smallest absolute Gasteiger partial charge is 0.307 e. The molecule has 2 aromatic rings. The molecule has 7 heteroatoms. The van der Waals surface area contributed by atoms with Gasteiger partial charge in [0.05, 0.1) is 0 Å². The third-order valence-corrected chi connectivity index (χ3v) is 5.05. The molecule has 1 fully saturated rings. The molecule has 2 N–H and O–H groups in total. The highest BCUT2D eigenvalue weighted by Crippen LogP contribution is 2.30. The van der Waals surface area contributed by atoms with Gasteiger partial charge in [-0.15, -0.1) is 0 Å². The lowest BCUT2D eigenvalue weighted by Gasteiger charge is -2.09. The van der Waals surface area contributed by atoms with Crippen LogP contribution in [0, 0.1) is 12.8 Å². The van der Waals surface area contributed by atoms with Crippen molar-refractivity contribution in [3.05, 3.63) is 50.6 Å². The van der Waals surface area contributed by atoms with Gasteiger partial charge in [0.1, 0.15) is 0 Å². The minimum absolute atomic E-state index is 0.0376. The van der Waals surface area contributed by atoms with Gasteiger partial charge in [-0.3, -0.25) is 14.4 Å². The van der Waals surface area contributed by atoms with E-state index in [9.17, 15) is 14.4 Å². The van der Waals surface area contributed by atoms with Crippen molar-refractivity contribution in [1.82, 2.24) is 9.88 Å². The maximum absolute atomic E-state index is 12.0. The van der Waals surface area contributed by atoms with Crippen molar-refractivity contribution in [2.75, 3.05) is 5.32 Å². The zero-order valence-electron chi connectivity index (χ0n) is 14.1. The number of thiazole rings is 1. The summed E-state index contributed by atoms with van der Waals surface area (Å²) >= 11 is 1.15. The first-order chi connectivity index (χ1) is 12.0. The lowest BCUT2D eigenvalue weighted by Crippen LogP contribution is -2.26. The van der Waals surface area contributed by atoms with Crippen molar-refractivity contribution in [2.24, 2.45) is 5.92 Å². The number of hydrogen-bond donors (Lipinski definition) is 2. The number of nitrogens with one attached hydrogen (secondary N) is 2. The predicted molar refractivity (Wildman–Crippen MR) is 97.6 cm³/mol. The van der Waals surface area contributed by atoms with Crippen molar-refractivity contribution >= 4 is 28.8 Å². The predicted octanol–water partition coefficient (Wildman–Crippen LogP) is 2.27. The van der Waals surface area contributed by atoms with Crippen LogP contribution < -0.4 is 15.5 Å². The second-order valence-electron chi connectivity index (χ2n) is 6.29. The summed E-state index contributed by atoms with van der Waals surface area (Å²) in [6, 6.07) is 7.48. The van der Waals surface area contributed by atoms with E-state index < -0.39 is 0 Å². The molecule has 1 aliphatic rings. The number of hydrogen-bond acceptors (Lipinski definition) is 4. The van der Waals surface area contributed by atoms with Crippen LogP contribution in [0.15, 0.2) is 34.4 Å². The molecule has 6 nitrogen and oxygen atoms in total. The molecule has 0 bridgehead atoms. The van der Waals surface area contributed by atoms with Crippen LogP contribution in [-0.4, -0.2) is 16.4 Å². The zero-order valence-corrected chi connectivity index (χ0v) is 14.9. The Morgan fingerprint density at radius 1 is 1.32 bits per heavy atom. The molecule has 0 atom stereocenters. The average Bonchev–Trinajstić information content (AvgIpc) is 3.39. The van der Waals surface area contributed by atoms with Crippen LogP contribution in [0.3, 0.4) is 0 Å². The van der Waals surface area contributed by atoms with Crippen LogP contribution in [0.5, 0.6) is 0 Å². The second-order valence-corrected chi connectivity index (χ2v) is 7.11. The van der Waals surface area contributed by atoms with E-state index >= 15 is 0 Å². The van der Waals surface area contributed by atoms with E-state index in [2.05, 4.69) is 10.6 Å². The highest BCUT2D eigenvalue weighted by molar-refractivity contribution is 7.07. The molecule has 0 radical (unpaired) electrons. The zero-order chi connectivity index (χ0) is 17.8. The topological polar surface area (TPSA) is 80.2 Å². The van der Waals surface area contributed by atoms with E-state index in [0.717, 1.165) is 41.1 Å². The third-order valence-electron chi connectivity index (χ3n) is 4.17. The molecule has 0 aliphatic heterocycles. The number of aromatic nitrogens is 1. The van der Waals surface area contributed by atoms with Crippen LogP contribution in [0.2, 0.25) is 0 Å². The summed E-state index contributed by atoms with van der Waals surface area (Å²) in [4.78, 5) is 35.4. The minimum Gasteiger partial charge on any atom is -0.352 e. The van der Waals surface area contributed by atoms with Crippen molar-refractivity contribution in [3.63, 3.8) is 0 Å². The maximum atomic E-state index is 12.0. The van der Waals surface area contributed by atoms with Gasteiger partial charge >= 0.3 is 4.87 Å². The van der Waals surface area contributed by atoms with Crippen molar-refractivity contribution in [2.45, 2.75) is 39.3 Å². The summed E-state index contributed by atoms with van der Waals surface area (Å²) in [5.41, 5.74) is 2.55. The van der Waals surface area contributed by atoms with Gasteiger partial charge in [-0.25, -0.2) is 0 Å². The van der Waals surface area contributed by atoms with Gasteiger partial charge in [0, 0.05) is 42.2 Å². The van der Waals surface area contributed by atoms with Crippen LogP contribution in [0.25, 0.3) is 0 Å². The highest BCUT2D eigenvalue weighted by atomic mass is 32.1. The Balaban J connectivity index is 1.48. The van der Waals surface area contributed by atoms with E-state index in [1.807, 2.05) is 31.2 Å². The summed E-state index contributed by atoms with van der Waals surface area (Å²) in [6.07, 6.45) is 2.19. The quantitative estimate of drug-likeness (QED) is 0.796. The molecular formula is C18H21N3O3S. The molecule has 1 aromatic heterocycles. The molecular weight excluding hydrogens is 338 g/mol. The summed E-state index contributed by atoms with van der Waals surface area (Å²) < 4.78 is 1.61. The first kappa shape index (κ1) is 17.4. The van der Waals surface area contributed by atoms with E-state index in [4.69, 9.17) is 0 Å². The Bertz CT molecular complexity index is 836. The highest BCUT2D eigenvalue weighted by Gasteiger charge is 2.29. The number of carbonyl (C=O) groups is 2. The summed E-state index contributed by atoms with van der Waals surface area (Å²) in [5.74, 6) is 0.120. The number of nitrogens with zero attached hydrogens (tertiary/aromatic N) is 1. The molecule has 2 amide bonds. The van der Waals surface area contributed by atoms with Crippen LogP contribution in [0.4, 0.5) is 5.69 Å². The number of benzene rings is 1. The van der Waals surface area contributed by atoms with E-state index in [0.29, 0.717) is 13.1 Å². The lowest BCUT2D eigenvalue weighted by molar-refractivity contribution is -0.121. The number of anilines is 1. The number of aryl methyl sites for hydroxylation is 1. The Kier molecular flexibility index (Phi) is 5.33. The molecule has 1 aliphatic carbocycles. The Hall–Kier alpha value is -2.41. The van der Waals surface area contributed by atoms with Gasteiger partial charge in [0.15, 0.2) is 0 Å². The summed E-state index contributed by atoms with van der Waals surface area (Å²) in [5, 5.41) is 7.55. The normalized spacial score (nSPS) is 13.5. The Labute approximate surface area is 149 Å². The SMILES string of the molecule is Cc1csc(=O)n1CCC(=O)NCc1cccc(NC(=O)C2CC2)c1. The van der Waals surface area contributed by atoms with E-state index in [1.165, 1.54) is 0 Å². The fourth-order valence-corrected chi connectivity index (χ4v) is 3.29. The summed E-state index contributed by atoms with van der Waals surface area (Å²) in [7, 11) is 0. The summed E-state index contributed by atoms with van der Waals surface area (Å²) in [6.45, 7) is 2.64. The Morgan fingerprint density at radius 3 is 2.80 bits per heavy atom. The molecule has 3 rings (SSSR count). The van der Waals surface area contributed by atoms with Crippen LogP contribution >= 0.6 is 11.3 Å². The molecule has 0 spiro atoms. The standard InChI is InChI=1S/C18H21N3O3S/c1-12-11-25-18(24)21(12)8-7-16(22)19-10-13-3-2-4-15(9-13)20-17(23)14-5-6-14/h2-4,9,11,14H,5-8,10H2,1H3,(H,19,22)(H,20,23). The molecule has 1 heterocycles. The fraction of sp³-hybridized carbons (Fsp3) is 0.389. The van der Waals surface area contributed by atoms with E-state index in [-0.39, 0.29) is 29.0 Å². The maximum Gasteiger partial charge on any atom is 0.307 e. The molecule has 1 aromatic carbocycles. The van der Waals surface area contributed by atoms with Gasteiger partial charge in [-0.1, -0.05) is 23.5 Å². The Morgan fingerprint density at radius 2 is 2.12 bits per heavy atom. The first-order valence-electron chi connectivity index (χ1n) is 8.34. The monoisotopic (exact) mass is 359 g/mol. The minimum atomic E-state index is -0.107. The second kappa shape index (κ2) is 7.65.